The van der Waals surface area contributed by atoms with Crippen molar-refractivity contribution in [1.82, 2.24) is 20.9 Å². The molecule has 3 N–H and O–H groups in total. The lowest BCUT2D eigenvalue weighted by Gasteiger charge is -2.30. The summed E-state index contributed by atoms with van der Waals surface area (Å²) in [5.41, 5.74) is 3.59. The van der Waals surface area contributed by atoms with E-state index < -0.39 is 0 Å². The summed E-state index contributed by atoms with van der Waals surface area (Å²) in [6.07, 6.45) is 3.22. The van der Waals surface area contributed by atoms with E-state index in [1.54, 1.807) is 0 Å². The van der Waals surface area contributed by atoms with Crippen molar-refractivity contribution in [1.29, 1.82) is 0 Å². The normalized spacial score (nSPS) is 15.8. The number of nitrogens with zero attached hydrogens (tertiary/aromatic N) is 3. The molecule has 4 rings (SSSR count). The third-order valence-electron chi connectivity index (χ3n) is 7.43. The molecule has 0 aliphatic carbocycles. The van der Waals surface area contributed by atoms with Crippen molar-refractivity contribution in [2.75, 3.05) is 69.2 Å². The zero-order valence-corrected chi connectivity index (χ0v) is 25.6. The number of nitrogens with one attached hydrogen (secondary N) is 3. The molecule has 218 valence electrons. The van der Waals surface area contributed by atoms with E-state index in [1.807, 2.05) is 48.3 Å². The maximum Gasteiger partial charge on any atom is 0.259 e. The number of para-hydroxylation sites is 1. The molecule has 9 heteroatoms. The van der Waals surface area contributed by atoms with Gasteiger partial charge in [-0.15, -0.1) is 13.2 Å². The number of carbonyl (C=O) groups is 1. The number of hydrogen-bond acceptors (Lipinski definition) is 6. The number of anilines is 2. The molecule has 1 amide bonds. The van der Waals surface area contributed by atoms with E-state index in [-0.39, 0.29) is 11.9 Å². The number of thiocarbonyl (C=S) groups is 1. The van der Waals surface area contributed by atoms with Crippen molar-refractivity contribution in [3.63, 3.8) is 0 Å². The number of rotatable bonds is 11. The largest absolute Gasteiger partial charge is 0.371 e. The van der Waals surface area contributed by atoms with Gasteiger partial charge in [0.1, 0.15) is 0 Å². The first-order valence-electron chi connectivity index (χ1n) is 14.3. The van der Waals surface area contributed by atoms with Gasteiger partial charge in [-0.25, -0.2) is 0 Å². The van der Waals surface area contributed by atoms with Gasteiger partial charge in [0.05, 0.1) is 15.6 Å². The Labute approximate surface area is 250 Å². The Balaban J connectivity index is 0.00000216. The highest BCUT2D eigenvalue weighted by Gasteiger charge is 2.25. The van der Waals surface area contributed by atoms with Crippen molar-refractivity contribution in [3.05, 3.63) is 71.8 Å². The van der Waals surface area contributed by atoms with Gasteiger partial charge in [-0.05, 0) is 56.6 Å². The minimum absolute atomic E-state index is 0.0857. The van der Waals surface area contributed by atoms with Crippen molar-refractivity contribution < 1.29 is 4.79 Å². The van der Waals surface area contributed by atoms with Crippen LogP contribution in [0.25, 0.3) is 0 Å². The predicted octanol–water partition coefficient (Wildman–Crippen LogP) is 4.71. The molecule has 1 atom stereocenters. The third-order valence-corrected chi connectivity index (χ3v) is 8.21. The Bertz CT molecular complexity index is 1100. The van der Waals surface area contributed by atoms with Gasteiger partial charge in [-0.2, -0.15) is 0 Å². The van der Waals surface area contributed by atoms with E-state index in [0.717, 1.165) is 74.2 Å². The summed E-state index contributed by atoms with van der Waals surface area (Å²) in [6.45, 7) is 16.1. The molecule has 2 fully saturated rings. The molecule has 2 aliphatic heterocycles. The molecule has 0 aromatic heterocycles. The SMILES string of the molecule is C=C.CN[C@H](C)CN(C(=O)c1ccc(N2CCCC2)cc1Cl)c1ccccc1CNCCC(=S)N1CCNCC1. The zero-order chi connectivity index (χ0) is 28.9. The fraction of sp³-hybridized carbons (Fsp3) is 0.484. The van der Waals surface area contributed by atoms with Crippen LogP contribution in [0, 0.1) is 0 Å². The van der Waals surface area contributed by atoms with Gasteiger partial charge in [0.2, 0.25) is 0 Å². The standard InChI is InChI=1S/C29H41ClN6OS.C2H4/c1-22(31-2)21-36(29(37)25-10-9-24(19-26(25)30)34-15-5-6-16-34)27-8-4-3-7-23(27)20-33-12-11-28(38)35-17-13-32-14-18-35;1-2/h3-4,7-10,19,22,31-33H,5-6,11-18,20-21H2,1-2H3;1-2H2/t22-;/m1./s1. The number of amides is 1. The molecule has 40 heavy (non-hydrogen) atoms. The maximum atomic E-state index is 13.9. The van der Waals surface area contributed by atoms with E-state index >= 15 is 0 Å². The summed E-state index contributed by atoms with van der Waals surface area (Å²) in [7, 11) is 1.92. The van der Waals surface area contributed by atoms with Crippen molar-refractivity contribution in [3.8, 4) is 0 Å². The van der Waals surface area contributed by atoms with Gasteiger partial charge in [0, 0.05) is 82.7 Å². The Morgan fingerprint density at radius 2 is 1.82 bits per heavy atom. The summed E-state index contributed by atoms with van der Waals surface area (Å²) in [6, 6.07) is 14.1. The molecule has 0 radical (unpaired) electrons. The Morgan fingerprint density at radius 3 is 2.50 bits per heavy atom. The van der Waals surface area contributed by atoms with E-state index in [0.29, 0.717) is 23.7 Å². The first kappa shape index (κ1) is 32.0. The third kappa shape index (κ3) is 8.75. The van der Waals surface area contributed by atoms with Gasteiger partial charge < -0.3 is 30.7 Å². The number of hydrogen-bond donors (Lipinski definition) is 3. The van der Waals surface area contributed by atoms with Crippen LogP contribution in [0.5, 0.6) is 0 Å². The molecule has 2 aromatic rings. The van der Waals surface area contributed by atoms with Crippen LogP contribution in [0.4, 0.5) is 11.4 Å². The fourth-order valence-corrected chi connectivity index (χ4v) is 5.61. The molecule has 2 aromatic carbocycles. The highest BCUT2D eigenvalue weighted by atomic mass is 35.5. The van der Waals surface area contributed by atoms with Crippen LogP contribution in [0.2, 0.25) is 5.02 Å². The molecule has 7 nitrogen and oxygen atoms in total. The molecule has 2 aliphatic rings. The summed E-state index contributed by atoms with van der Waals surface area (Å²) < 4.78 is 0. The highest BCUT2D eigenvalue weighted by Crippen LogP contribution is 2.29. The van der Waals surface area contributed by atoms with Crippen LogP contribution in [0.3, 0.4) is 0 Å². The lowest BCUT2D eigenvalue weighted by Crippen LogP contribution is -2.46. The first-order valence-corrected chi connectivity index (χ1v) is 15.1. The maximum absolute atomic E-state index is 13.9. The van der Waals surface area contributed by atoms with Crippen LogP contribution in [0.1, 0.15) is 42.1 Å². The molecule has 0 unspecified atom stereocenters. The molecule has 0 spiro atoms. The molecule has 2 heterocycles. The number of piperazine rings is 1. The Hall–Kier alpha value is -2.49. The summed E-state index contributed by atoms with van der Waals surface area (Å²) >= 11 is 12.4. The number of likely N-dealkylation sites (N-methyl/N-ethyl adjacent to an activating group) is 1. The Kier molecular flexibility index (Phi) is 13.4. The second-order valence-electron chi connectivity index (χ2n) is 10.2. The van der Waals surface area contributed by atoms with E-state index in [2.05, 4.69) is 51.9 Å². The van der Waals surface area contributed by atoms with Crippen LogP contribution >= 0.6 is 23.8 Å². The molecule has 2 saturated heterocycles. The van der Waals surface area contributed by atoms with Gasteiger partial charge in [0.15, 0.2) is 0 Å². The molecular weight excluding hydrogens is 540 g/mol. The van der Waals surface area contributed by atoms with Gasteiger partial charge in [0.25, 0.3) is 5.91 Å². The van der Waals surface area contributed by atoms with Crippen LogP contribution in [-0.4, -0.2) is 81.2 Å². The van der Waals surface area contributed by atoms with Gasteiger partial charge in [-0.3, -0.25) is 4.79 Å². The monoisotopic (exact) mass is 584 g/mol. The van der Waals surface area contributed by atoms with Gasteiger partial charge in [-0.1, -0.05) is 42.0 Å². The van der Waals surface area contributed by atoms with E-state index in [9.17, 15) is 4.79 Å². The number of benzene rings is 2. The van der Waals surface area contributed by atoms with Crippen LogP contribution in [0.15, 0.2) is 55.6 Å². The average Bonchev–Trinajstić information content (AvgIpc) is 3.54. The number of carbonyl (C=O) groups excluding carboxylic acids is 1. The van der Waals surface area contributed by atoms with Crippen molar-refractivity contribution >= 4 is 46.1 Å². The minimum atomic E-state index is -0.0857. The predicted molar refractivity (Wildman–Crippen MR) is 174 cm³/mol. The highest BCUT2D eigenvalue weighted by molar-refractivity contribution is 7.80. The van der Waals surface area contributed by atoms with E-state index in [4.69, 9.17) is 23.8 Å². The summed E-state index contributed by atoms with van der Waals surface area (Å²) in [5.74, 6) is -0.0857. The van der Waals surface area contributed by atoms with E-state index in [1.165, 1.54) is 12.8 Å². The summed E-state index contributed by atoms with van der Waals surface area (Å²) in [4.78, 5) is 21.4. The minimum Gasteiger partial charge on any atom is -0.371 e. The molecular formula is C31H45ClN6OS. The van der Waals surface area contributed by atoms with Gasteiger partial charge >= 0.3 is 0 Å². The quantitative estimate of drug-likeness (QED) is 0.201. The van der Waals surface area contributed by atoms with Crippen molar-refractivity contribution in [2.24, 2.45) is 0 Å². The lowest BCUT2D eigenvalue weighted by molar-refractivity contribution is 0.0985. The fourth-order valence-electron chi connectivity index (χ4n) is 5.07. The topological polar surface area (TPSA) is 62.9 Å². The van der Waals surface area contributed by atoms with Crippen LogP contribution in [-0.2, 0) is 6.54 Å². The molecule has 0 saturated carbocycles. The lowest BCUT2D eigenvalue weighted by atomic mass is 10.1. The first-order chi connectivity index (χ1) is 19.5. The summed E-state index contributed by atoms with van der Waals surface area (Å²) in [5, 5.41) is 10.7. The second-order valence-corrected chi connectivity index (χ2v) is 11.0. The second kappa shape index (κ2) is 16.7. The molecule has 0 bridgehead atoms. The van der Waals surface area contributed by atoms with Crippen LogP contribution < -0.4 is 25.8 Å². The Morgan fingerprint density at radius 1 is 1.12 bits per heavy atom. The number of halogens is 1. The zero-order valence-electron chi connectivity index (χ0n) is 24.1. The smallest absolute Gasteiger partial charge is 0.259 e. The average molecular weight is 585 g/mol. The van der Waals surface area contributed by atoms with Crippen molar-refractivity contribution in [2.45, 2.75) is 38.8 Å².